The number of carboxylic acid groups (broad SMARTS) is 1. The van der Waals surface area contributed by atoms with Gasteiger partial charge in [0.2, 0.25) is 0 Å². The van der Waals surface area contributed by atoms with Crippen LogP contribution in [0.2, 0.25) is 0 Å². The normalized spacial score (nSPS) is 40.4. The molecule has 5 nitrogen and oxygen atoms in total. The maximum atomic E-state index is 11.5. The minimum Gasteiger partial charge on any atom is -0.478 e. The highest BCUT2D eigenvalue weighted by molar-refractivity contribution is 5.88. The Morgan fingerprint density at radius 1 is 0.872 bits per heavy atom. The SMILES string of the molecule is C=C(C)[C@@H]1CC[C@]2(CNCCCNCCO)CC[C@]3(C)[C@H](CC[C@@H]4[C@@]5(C)CC=C(c6ccc(C(=O)O)cc6)C(C)(C)[C@@H]5CC[C@]43C)[C@@H]12. The summed E-state index contributed by atoms with van der Waals surface area (Å²) in [5.74, 6) is 2.59. The number of aliphatic hydroxyl groups is 1. The summed E-state index contributed by atoms with van der Waals surface area (Å²) in [6.45, 7) is 24.0. The van der Waals surface area contributed by atoms with Crippen molar-refractivity contribution in [1.82, 2.24) is 10.6 Å². The van der Waals surface area contributed by atoms with Crippen LogP contribution in [0.25, 0.3) is 5.57 Å². The molecule has 0 aromatic heterocycles. The number of hydrogen-bond acceptors (Lipinski definition) is 4. The molecule has 5 heteroatoms. The standard InChI is InChI=1S/C42H64N2O3/c1-28(2)31-15-20-42(27-44-24-8-23-43-25-26-45)22-21-40(6)33(36(31)42)13-14-35-39(5)18-16-32(29-9-11-30(12-10-29)37(46)47)38(3,4)34(39)17-19-41(35,40)7/h9-12,16,31,33-36,43-45H,1,8,13-15,17-27H2,2-7H3,(H,46,47)/t31-,33+,34-,35+,36+,39-,40+,41+,42+/m0/s1. The van der Waals surface area contributed by atoms with Crippen LogP contribution in [0.4, 0.5) is 0 Å². The van der Waals surface area contributed by atoms with Crippen molar-refractivity contribution in [2.24, 2.45) is 56.7 Å². The molecule has 4 N–H and O–H groups in total. The summed E-state index contributed by atoms with van der Waals surface area (Å²) in [4.78, 5) is 11.5. The second-order valence-electron chi connectivity index (χ2n) is 18.0. The first-order valence-corrected chi connectivity index (χ1v) is 19.0. The van der Waals surface area contributed by atoms with Crippen molar-refractivity contribution in [3.63, 3.8) is 0 Å². The maximum Gasteiger partial charge on any atom is 0.335 e. The predicted octanol–water partition coefficient (Wildman–Crippen LogP) is 8.60. The van der Waals surface area contributed by atoms with Gasteiger partial charge >= 0.3 is 5.97 Å². The van der Waals surface area contributed by atoms with Crippen molar-refractivity contribution in [3.05, 3.63) is 53.6 Å². The highest BCUT2D eigenvalue weighted by Crippen LogP contribution is 2.77. The summed E-state index contributed by atoms with van der Waals surface area (Å²) in [5, 5.41) is 25.8. The lowest BCUT2D eigenvalue weighted by atomic mass is 9.32. The average molecular weight is 645 g/mol. The number of allylic oxidation sites excluding steroid dienone is 3. The number of carboxylic acids is 1. The molecule has 0 unspecified atom stereocenters. The molecule has 0 aliphatic heterocycles. The first-order chi connectivity index (χ1) is 22.2. The Kier molecular flexibility index (Phi) is 9.46. The van der Waals surface area contributed by atoms with Gasteiger partial charge in [0.25, 0.3) is 0 Å². The fourth-order valence-electron chi connectivity index (χ4n) is 13.4. The molecule has 260 valence electrons. The smallest absolute Gasteiger partial charge is 0.335 e. The van der Waals surface area contributed by atoms with E-state index in [1.165, 1.54) is 68.1 Å². The molecular formula is C42H64N2O3. The first kappa shape index (κ1) is 34.9. The van der Waals surface area contributed by atoms with Gasteiger partial charge in [-0.3, -0.25) is 0 Å². The average Bonchev–Trinajstić information content (AvgIpc) is 3.41. The zero-order valence-electron chi connectivity index (χ0n) is 30.4. The van der Waals surface area contributed by atoms with Crippen molar-refractivity contribution in [3.8, 4) is 0 Å². The lowest BCUT2D eigenvalue weighted by molar-refractivity contribution is -0.225. The van der Waals surface area contributed by atoms with Gasteiger partial charge < -0.3 is 20.8 Å². The van der Waals surface area contributed by atoms with Gasteiger partial charge in [0.15, 0.2) is 0 Å². The molecule has 4 saturated carbocycles. The van der Waals surface area contributed by atoms with Gasteiger partial charge in [-0.25, -0.2) is 4.79 Å². The third-order valence-corrected chi connectivity index (χ3v) is 15.7. The van der Waals surface area contributed by atoms with E-state index in [1.54, 1.807) is 12.1 Å². The second-order valence-corrected chi connectivity index (χ2v) is 18.0. The maximum absolute atomic E-state index is 11.5. The van der Waals surface area contributed by atoms with Crippen molar-refractivity contribution < 1.29 is 15.0 Å². The summed E-state index contributed by atoms with van der Waals surface area (Å²) in [6, 6.07) is 7.63. The summed E-state index contributed by atoms with van der Waals surface area (Å²) in [6.07, 6.45) is 15.4. The predicted molar refractivity (Wildman–Crippen MR) is 193 cm³/mol. The van der Waals surface area contributed by atoms with Crippen LogP contribution in [-0.2, 0) is 0 Å². The molecule has 0 bridgehead atoms. The summed E-state index contributed by atoms with van der Waals surface area (Å²) in [5.41, 5.74) is 5.73. The van der Waals surface area contributed by atoms with Crippen LogP contribution in [0, 0.1) is 56.7 Å². The van der Waals surface area contributed by atoms with Gasteiger partial charge in [-0.2, -0.15) is 0 Å². The minimum atomic E-state index is -0.858. The van der Waals surface area contributed by atoms with Crippen molar-refractivity contribution in [1.29, 1.82) is 0 Å². The first-order valence-electron chi connectivity index (χ1n) is 19.0. The number of rotatable bonds is 11. The van der Waals surface area contributed by atoms with E-state index < -0.39 is 5.97 Å². The van der Waals surface area contributed by atoms with Crippen LogP contribution in [0.5, 0.6) is 0 Å². The Bertz CT molecular complexity index is 1370. The third kappa shape index (κ3) is 5.50. The molecule has 1 aromatic rings. The molecule has 0 radical (unpaired) electrons. The Hall–Kier alpha value is -1.95. The van der Waals surface area contributed by atoms with Crippen LogP contribution < -0.4 is 10.6 Å². The molecule has 0 spiro atoms. The van der Waals surface area contributed by atoms with Crippen LogP contribution in [0.1, 0.15) is 122 Å². The molecule has 5 aliphatic rings. The molecule has 0 saturated heterocycles. The highest BCUT2D eigenvalue weighted by atomic mass is 16.4. The minimum absolute atomic E-state index is 0.0360. The molecule has 4 fully saturated rings. The van der Waals surface area contributed by atoms with E-state index >= 15 is 0 Å². The summed E-state index contributed by atoms with van der Waals surface area (Å²) >= 11 is 0. The number of carbonyl (C=O) groups is 1. The van der Waals surface area contributed by atoms with Gasteiger partial charge in [0.1, 0.15) is 0 Å². The number of hydrogen-bond donors (Lipinski definition) is 4. The molecule has 47 heavy (non-hydrogen) atoms. The Balaban J connectivity index is 1.26. The van der Waals surface area contributed by atoms with Crippen LogP contribution in [0.15, 0.2) is 42.5 Å². The molecule has 5 aliphatic carbocycles. The van der Waals surface area contributed by atoms with Gasteiger partial charge in [-0.1, -0.05) is 65.0 Å². The molecule has 0 heterocycles. The van der Waals surface area contributed by atoms with E-state index in [4.69, 9.17) is 5.11 Å². The van der Waals surface area contributed by atoms with Crippen LogP contribution in [-0.4, -0.2) is 49.0 Å². The molecule has 6 rings (SSSR count). The Morgan fingerprint density at radius 2 is 1.60 bits per heavy atom. The summed E-state index contributed by atoms with van der Waals surface area (Å²) < 4.78 is 0. The van der Waals surface area contributed by atoms with Crippen molar-refractivity contribution in [2.45, 2.75) is 106 Å². The molecule has 1 aromatic carbocycles. The highest BCUT2D eigenvalue weighted by Gasteiger charge is 2.70. The lowest BCUT2D eigenvalue weighted by Gasteiger charge is -2.72. The van der Waals surface area contributed by atoms with Crippen LogP contribution in [0.3, 0.4) is 0 Å². The second kappa shape index (κ2) is 12.7. The molecule has 0 amide bonds. The Morgan fingerprint density at radius 3 is 2.28 bits per heavy atom. The van der Waals surface area contributed by atoms with E-state index in [0.29, 0.717) is 46.1 Å². The quantitative estimate of drug-likeness (QED) is 0.143. The number of aromatic carboxylic acids is 1. The zero-order chi connectivity index (χ0) is 33.8. The van der Waals surface area contributed by atoms with Gasteiger partial charge in [-0.05, 0) is 164 Å². The topological polar surface area (TPSA) is 81.6 Å². The molecular weight excluding hydrogens is 580 g/mol. The zero-order valence-corrected chi connectivity index (χ0v) is 30.4. The van der Waals surface area contributed by atoms with Gasteiger partial charge in [0.05, 0.1) is 12.2 Å². The number of aliphatic hydroxyl groups excluding tert-OH is 1. The fraction of sp³-hybridized carbons (Fsp3) is 0.738. The van der Waals surface area contributed by atoms with E-state index in [1.807, 2.05) is 12.1 Å². The monoisotopic (exact) mass is 644 g/mol. The third-order valence-electron chi connectivity index (χ3n) is 15.7. The van der Waals surface area contributed by atoms with E-state index in [-0.39, 0.29) is 17.4 Å². The number of nitrogens with one attached hydrogen (secondary N) is 2. The summed E-state index contributed by atoms with van der Waals surface area (Å²) in [7, 11) is 0. The van der Waals surface area contributed by atoms with Crippen molar-refractivity contribution in [2.75, 3.05) is 32.8 Å². The fourth-order valence-corrected chi connectivity index (χ4v) is 13.4. The molecule has 9 atom stereocenters. The Labute approximate surface area is 285 Å². The van der Waals surface area contributed by atoms with Crippen LogP contribution >= 0.6 is 0 Å². The van der Waals surface area contributed by atoms with E-state index in [9.17, 15) is 9.90 Å². The van der Waals surface area contributed by atoms with E-state index in [0.717, 1.165) is 44.3 Å². The van der Waals surface area contributed by atoms with Gasteiger partial charge in [-0.15, -0.1) is 0 Å². The van der Waals surface area contributed by atoms with E-state index in [2.05, 4.69) is 64.8 Å². The number of benzene rings is 1. The van der Waals surface area contributed by atoms with Crippen molar-refractivity contribution >= 4 is 11.5 Å². The van der Waals surface area contributed by atoms with Gasteiger partial charge in [0, 0.05) is 13.1 Å². The lowest BCUT2D eigenvalue weighted by Crippen LogP contribution is -2.65. The number of fused-ring (bicyclic) bond motifs is 7. The largest absolute Gasteiger partial charge is 0.478 e.